The first kappa shape index (κ1) is 14.4. The minimum absolute atomic E-state index is 0.0458. The molecule has 23 heavy (non-hydrogen) atoms. The molecule has 116 valence electrons. The van der Waals surface area contributed by atoms with Crippen molar-refractivity contribution in [1.29, 1.82) is 0 Å². The summed E-state index contributed by atoms with van der Waals surface area (Å²) in [6.45, 7) is 4.21. The Labute approximate surface area is 139 Å². The number of carbonyl (C=O) groups excluding carboxylic acids is 1. The van der Waals surface area contributed by atoms with Crippen molar-refractivity contribution in [1.82, 2.24) is 14.6 Å². The predicted molar refractivity (Wildman–Crippen MR) is 89.9 cm³/mol. The molecule has 4 nitrogen and oxygen atoms in total. The Morgan fingerprint density at radius 3 is 2.61 bits per heavy atom. The molecule has 0 aliphatic heterocycles. The van der Waals surface area contributed by atoms with Gasteiger partial charge in [-0.3, -0.25) is 4.79 Å². The van der Waals surface area contributed by atoms with E-state index in [-0.39, 0.29) is 11.2 Å². The van der Waals surface area contributed by atoms with Crippen molar-refractivity contribution in [2.45, 2.75) is 26.7 Å². The van der Waals surface area contributed by atoms with Crippen molar-refractivity contribution >= 4 is 23.0 Å². The van der Waals surface area contributed by atoms with Gasteiger partial charge in [0.05, 0.1) is 17.5 Å². The second kappa shape index (κ2) is 4.90. The molecule has 0 unspecified atom stereocenters. The van der Waals surface area contributed by atoms with Gasteiger partial charge in [0.2, 0.25) is 0 Å². The third-order valence-electron chi connectivity index (χ3n) is 4.31. The maximum atomic E-state index is 12.4. The fourth-order valence-electron chi connectivity index (χ4n) is 3.19. The lowest BCUT2D eigenvalue weighted by atomic mass is 9.76. The topological polar surface area (TPSA) is 47.3 Å². The molecule has 0 amide bonds. The number of ketones is 1. The zero-order valence-corrected chi connectivity index (χ0v) is 13.8. The molecule has 0 spiro atoms. The van der Waals surface area contributed by atoms with Crippen LogP contribution >= 0.6 is 11.6 Å². The minimum Gasteiger partial charge on any atom is -0.294 e. The van der Waals surface area contributed by atoms with Crippen LogP contribution in [0.4, 0.5) is 0 Å². The number of Topliss-reactive ketones (excluding diaryl/α,β-unsaturated/α-hetero) is 1. The van der Waals surface area contributed by atoms with Crippen LogP contribution < -0.4 is 0 Å². The first-order valence-electron chi connectivity index (χ1n) is 7.59. The second-order valence-corrected chi connectivity index (χ2v) is 7.31. The Morgan fingerprint density at radius 1 is 1.13 bits per heavy atom. The van der Waals surface area contributed by atoms with Crippen LogP contribution in [0.2, 0.25) is 5.02 Å². The van der Waals surface area contributed by atoms with Gasteiger partial charge in [-0.25, -0.2) is 9.50 Å². The molecule has 1 aliphatic rings. The second-order valence-electron chi connectivity index (χ2n) is 6.88. The van der Waals surface area contributed by atoms with E-state index in [2.05, 4.69) is 18.9 Å². The SMILES string of the molecule is CC1(C)CC(=O)c2cn3ncc(-c4ccc(Cl)cc4)c3nc2C1. The third kappa shape index (κ3) is 2.43. The monoisotopic (exact) mass is 325 g/mol. The maximum absolute atomic E-state index is 12.4. The average Bonchev–Trinajstić information content (AvgIpc) is 2.88. The molecule has 1 aromatic carbocycles. The molecule has 1 aliphatic carbocycles. The summed E-state index contributed by atoms with van der Waals surface area (Å²) < 4.78 is 1.69. The van der Waals surface area contributed by atoms with E-state index in [1.165, 1.54) is 0 Å². The van der Waals surface area contributed by atoms with Crippen LogP contribution in [0.1, 0.15) is 36.3 Å². The number of aromatic nitrogens is 3. The molecule has 0 radical (unpaired) electrons. The molecule has 5 heteroatoms. The predicted octanol–water partition coefficient (Wildman–Crippen LogP) is 4.20. The summed E-state index contributed by atoms with van der Waals surface area (Å²) in [6.07, 6.45) is 4.95. The van der Waals surface area contributed by atoms with Crippen LogP contribution in [0.15, 0.2) is 36.7 Å². The van der Waals surface area contributed by atoms with E-state index < -0.39 is 0 Å². The van der Waals surface area contributed by atoms with E-state index in [9.17, 15) is 4.79 Å². The van der Waals surface area contributed by atoms with Crippen LogP contribution in [0.3, 0.4) is 0 Å². The van der Waals surface area contributed by atoms with Crippen LogP contribution in [0.5, 0.6) is 0 Å². The molecular formula is C18H16ClN3O. The largest absolute Gasteiger partial charge is 0.294 e. The summed E-state index contributed by atoms with van der Waals surface area (Å²) in [7, 11) is 0. The number of benzene rings is 1. The zero-order chi connectivity index (χ0) is 16.2. The summed E-state index contributed by atoms with van der Waals surface area (Å²) in [5.41, 5.74) is 4.25. The highest BCUT2D eigenvalue weighted by Crippen LogP contribution is 2.35. The first-order valence-corrected chi connectivity index (χ1v) is 7.97. The number of halogens is 1. The van der Waals surface area contributed by atoms with Crippen LogP contribution in [-0.4, -0.2) is 20.4 Å². The number of hydrogen-bond acceptors (Lipinski definition) is 3. The molecule has 2 aromatic heterocycles. The van der Waals surface area contributed by atoms with E-state index in [1.807, 2.05) is 30.5 Å². The van der Waals surface area contributed by atoms with Gasteiger partial charge in [-0.2, -0.15) is 5.10 Å². The summed E-state index contributed by atoms with van der Waals surface area (Å²) in [5.74, 6) is 0.147. The van der Waals surface area contributed by atoms with Crippen molar-refractivity contribution in [3.8, 4) is 11.1 Å². The third-order valence-corrected chi connectivity index (χ3v) is 4.57. The number of hydrogen-bond donors (Lipinski definition) is 0. The van der Waals surface area contributed by atoms with Crippen molar-refractivity contribution < 1.29 is 4.79 Å². The van der Waals surface area contributed by atoms with Crippen molar-refractivity contribution in [2.75, 3.05) is 0 Å². The van der Waals surface area contributed by atoms with Gasteiger partial charge in [0.1, 0.15) is 0 Å². The lowest BCUT2D eigenvalue weighted by Gasteiger charge is -2.29. The molecule has 3 aromatic rings. The molecule has 0 atom stereocenters. The quantitative estimate of drug-likeness (QED) is 0.673. The zero-order valence-electron chi connectivity index (χ0n) is 13.0. The molecule has 0 saturated heterocycles. The molecule has 0 saturated carbocycles. The van der Waals surface area contributed by atoms with Gasteiger partial charge in [-0.1, -0.05) is 37.6 Å². The van der Waals surface area contributed by atoms with E-state index >= 15 is 0 Å². The van der Waals surface area contributed by atoms with E-state index in [0.29, 0.717) is 17.0 Å². The Bertz CT molecular complexity index is 925. The summed E-state index contributed by atoms with van der Waals surface area (Å²) in [5, 5.41) is 5.06. The fourth-order valence-corrected chi connectivity index (χ4v) is 3.32. The standard InChI is InChI=1S/C18H16ClN3O/c1-18(2)7-15-14(16(23)8-18)10-22-17(21-15)13(9-20-22)11-3-5-12(19)6-4-11/h3-6,9-10H,7-8H2,1-2H3. The van der Waals surface area contributed by atoms with Crippen molar-refractivity contribution in [3.63, 3.8) is 0 Å². The summed E-state index contributed by atoms with van der Waals surface area (Å²) >= 11 is 5.96. The molecule has 0 bridgehead atoms. The first-order chi connectivity index (χ1) is 10.9. The summed E-state index contributed by atoms with van der Waals surface area (Å²) in [4.78, 5) is 17.1. The highest BCUT2D eigenvalue weighted by Gasteiger charge is 2.32. The van der Waals surface area contributed by atoms with Gasteiger partial charge in [0, 0.05) is 23.2 Å². The van der Waals surface area contributed by atoms with E-state index in [0.717, 1.165) is 28.9 Å². The van der Waals surface area contributed by atoms with E-state index in [1.54, 1.807) is 10.7 Å². The molecule has 4 rings (SSSR count). The van der Waals surface area contributed by atoms with Crippen molar-refractivity contribution in [3.05, 3.63) is 52.9 Å². The number of nitrogens with zero attached hydrogens (tertiary/aromatic N) is 3. The van der Waals surface area contributed by atoms with Crippen LogP contribution in [-0.2, 0) is 6.42 Å². The van der Waals surface area contributed by atoms with Gasteiger partial charge >= 0.3 is 0 Å². The smallest absolute Gasteiger partial charge is 0.166 e. The van der Waals surface area contributed by atoms with Gasteiger partial charge in [0.15, 0.2) is 11.4 Å². The molecule has 0 N–H and O–H groups in total. The Morgan fingerprint density at radius 2 is 1.87 bits per heavy atom. The number of fused-ring (bicyclic) bond motifs is 2. The number of rotatable bonds is 1. The lowest BCUT2D eigenvalue weighted by Crippen LogP contribution is -2.28. The fraction of sp³-hybridized carbons (Fsp3) is 0.278. The van der Waals surface area contributed by atoms with Crippen LogP contribution in [0, 0.1) is 5.41 Å². The Balaban J connectivity index is 1.90. The number of carbonyl (C=O) groups is 1. The van der Waals surface area contributed by atoms with Crippen molar-refractivity contribution in [2.24, 2.45) is 5.41 Å². The van der Waals surface area contributed by atoms with E-state index in [4.69, 9.17) is 16.6 Å². The lowest BCUT2D eigenvalue weighted by molar-refractivity contribution is 0.0909. The van der Waals surface area contributed by atoms with Gasteiger partial charge in [-0.05, 0) is 29.5 Å². The van der Waals surface area contributed by atoms with Gasteiger partial charge < -0.3 is 0 Å². The average molecular weight is 326 g/mol. The highest BCUT2D eigenvalue weighted by molar-refractivity contribution is 6.30. The maximum Gasteiger partial charge on any atom is 0.166 e. The summed E-state index contributed by atoms with van der Waals surface area (Å²) in [6, 6.07) is 7.61. The molecular weight excluding hydrogens is 310 g/mol. The Hall–Kier alpha value is -2.20. The molecule has 0 fully saturated rings. The highest BCUT2D eigenvalue weighted by atomic mass is 35.5. The van der Waals surface area contributed by atoms with Gasteiger partial charge in [-0.15, -0.1) is 0 Å². The van der Waals surface area contributed by atoms with Crippen LogP contribution in [0.25, 0.3) is 16.8 Å². The van der Waals surface area contributed by atoms with Gasteiger partial charge in [0.25, 0.3) is 0 Å². The normalized spacial score (nSPS) is 16.6. The Kier molecular flexibility index (Phi) is 3.07. The minimum atomic E-state index is -0.0458. The molecule has 2 heterocycles.